The van der Waals surface area contributed by atoms with Crippen LogP contribution in [0, 0.1) is 5.41 Å². The molecule has 2 aliphatic rings. The summed E-state index contributed by atoms with van der Waals surface area (Å²) in [6.45, 7) is 0.864. The minimum atomic E-state index is -0.870. The molecule has 4 nitrogen and oxygen atoms in total. The summed E-state index contributed by atoms with van der Waals surface area (Å²) in [5.41, 5.74) is 1.89. The Balaban J connectivity index is 1.64. The maximum atomic E-state index is 10.9. The van der Waals surface area contributed by atoms with E-state index in [2.05, 4.69) is 11.9 Å². The van der Waals surface area contributed by atoms with Crippen LogP contribution in [0.25, 0.3) is 0 Å². The van der Waals surface area contributed by atoms with Crippen LogP contribution in [0.3, 0.4) is 0 Å². The molecule has 1 aromatic rings. The minimum Gasteiger partial charge on any atom is -0.478 e. The van der Waals surface area contributed by atoms with Gasteiger partial charge in [0.1, 0.15) is 0 Å². The molecule has 0 aliphatic heterocycles. The lowest BCUT2D eigenvalue weighted by molar-refractivity contribution is -0.192. The fourth-order valence-electron chi connectivity index (χ4n) is 4.07. The number of benzene rings is 1. The summed E-state index contributed by atoms with van der Waals surface area (Å²) in [4.78, 5) is 13.3. The molecule has 0 amide bonds. The van der Waals surface area contributed by atoms with E-state index in [0.717, 1.165) is 18.5 Å². The quantitative estimate of drug-likeness (QED) is 0.905. The van der Waals surface area contributed by atoms with Crippen molar-refractivity contribution in [3.05, 3.63) is 35.4 Å². The molecule has 2 saturated carbocycles. The number of hydrogen-bond acceptors (Lipinski definition) is 3. The molecule has 2 aliphatic carbocycles. The van der Waals surface area contributed by atoms with Crippen LogP contribution in [0.2, 0.25) is 0 Å². The van der Waals surface area contributed by atoms with Crippen molar-refractivity contribution in [1.29, 1.82) is 0 Å². The molecule has 0 heterocycles. The highest BCUT2D eigenvalue weighted by molar-refractivity contribution is 5.87. The third kappa shape index (κ3) is 2.36. The van der Waals surface area contributed by atoms with Crippen molar-refractivity contribution >= 4 is 5.97 Å². The maximum absolute atomic E-state index is 10.9. The van der Waals surface area contributed by atoms with Gasteiger partial charge in [0.25, 0.3) is 0 Å². The molecule has 1 aromatic carbocycles. The van der Waals surface area contributed by atoms with Gasteiger partial charge >= 0.3 is 5.97 Å². The number of hydrogen-bond donors (Lipinski definition) is 1. The van der Waals surface area contributed by atoms with Crippen LogP contribution in [-0.2, 0) is 11.3 Å². The maximum Gasteiger partial charge on any atom is 0.335 e. The van der Waals surface area contributed by atoms with E-state index >= 15 is 0 Å². The molecule has 4 heteroatoms. The zero-order valence-electron chi connectivity index (χ0n) is 12.7. The van der Waals surface area contributed by atoms with Crippen molar-refractivity contribution in [2.45, 2.75) is 44.4 Å². The standard InChI is InChI=1S/C17H23NO3/c1-18(11-12-4-6-13(7-5-12)16(19)20)14-10-15(21-2)17(14)8-3-9-17/h4-7,14-15H,3,8-11H2,1-2H3,(H,19,20). The zero-order valence-corrected chi connectivity index (χ0v) is 12.7. The summed E-state index contributed by atoms with van der Waals surface area (Å²) in [6, 6.07) is 7.79. The van der Waals surface area contributed by atoms with E-state index in [1.165, 1.54) is 19.3 Å². The van der Waals surface area contributed by atoms with E-state index in [0.29, 0.717) is 23.1 Å². The van der Waals surface area contributed by atoms with Crippen LogP contribution in [0.15, 0.2) is 24.3 Å². The van der Waals surface area contributed by atoms with Crippen molar-refractivity contribution in [3.8, 4) is 0 Å². The highest BCUT2D eigenvalue weighted by Gasteiger charge is 2.59. The number of ether oxygens (including phenoxy) is 1. The number of methoxy groups -OCH3 is 1. The van der Waals surface area contributed by atoms with Gasteiger partial charge < -0.3 is 9.84 Å². The van der Waals surface area contributed by atoms with Crippen molar-refractivity contribution in [2.75, 3.05) is 14.2 Å². The Labute approximate surface area is 125 Å². The lowest BCUT2D eigenvalue weighted by Crippen LogP contribution is -2.66. The summed E-state index contributed by atoms with van der Waals surface area (Å²) in [7, 11) is 3.99. The normalized spacial score (nSPS) is 26.4. The Hall–Kier alpha value is -1.39. The molecular formula is C17H23NO3. The first-order valence-electron chi connectivity index (χ1n) is 7.62. The van der Waals surface area contributed by atoms with E-state index in [1.807, 2.05) is 19.2 Å². The first kappa shape index (κ1) is 14.5. The average Bonchev–Trinajstić information content (AvgIpc) is 2.36. The van der Waals surface area contributed by atoms with E-state index in [-0.39, 0.29) is 0 Å². The van der Waals surface area contributed by atoms with Gasteiger partial charge in [0.05, 0.1) is 11.7 Å². The first-order chi connectivity index (χ1) is 10.1. The molecule has 0 bridgehead atoms. The monoisotopic (exact) mass is 289 g/mol. The van der Waals surface area contributed by atoms with E-state index in [4.69, 9.17) is 9.84 Å². The number of carboxylic acid groups (broad SMARTS) is 1. The summed E-state index contributed by atoms with van der Waals surface area (Å²) < 4.78 is 5.62. The molecule has 114 valence electrons. The van der Waals surface area contributed by atoms with Crippen LogP contribution in [-0.4, -0.2) is 42.3 Å². The van der Waals surface area contributed by atoms with Gasteiger partial charge in [0, 0.05) is 25.1 Å². The van der Waals surface area contributed by atoms with Gasteiger partial charge in [-0.25, -0.2) is 4.79 Å². The third-order valence-electron chi connectivity index (χ3n) is 5.48. The van der Waals surface area contributed by atoms with Crippen molar-refractivity contribution in [3.63, 3.8) is 0 Å². The molecule has 1 spiro atoms. The van der Waals surface area contributed by atoms with E-state index < -0.39 is 5.97 Å². The Morgan fingerprint density at radius 2 is 2.05 bits per heavy atom. The largest absolute Gasteiger partial charge is 0.478 e. The van der Waals surface area contributed by atoms with Crippen LogP contribution in [0.4, 0.5) is 0 Å². The highest BCUT2D eigenvalue weighted by Crippen LogP contribution is 2.58. The smallest absolute Gasteiger partial charge is 0.335 e. The Morgan fingerprint density at radius 3 is 2.52 bits per heavy atom. The van der Waals surface area contributed by atoms with Gasteiger partial charge in [-0.3, -0.25) is 4.90 Å². The fraction of sp³-hybridized carbons (Fsp3) is 0.588. The Bertz CT molecular complexity index is 521. The van der Waals surface area contributed by atoms with Crippen molar-refractivity contribution in [1.82, 2.24) is 4.90 Å². The molecule has 2 atom stereocenters. The van der Waals surface area contributed by atoms with Crippen LogP contribution < -0.4 is 0 Å². The second-order valence-electron chi connectivity index (χ2n) is 6.48. The van der Waals surface area contributed by atoms with Gasteiger partial charge in [-0.1, -0.05) is 18.6 Å². The lowest BCUT2D eigenvalue weighted by Gasteiger charge is -2.63. The molecule has 21 heavy (non-hydrogen) atoms. The van der Waals surface area contributed by atoms with Gasteiger partial charge in [-0.05, 0) is 44.0 Å². The van der Waals surface area contributed by atoms with Crippen LogP contribution in [0.5, 0.6) is 0 Å². The predicted molar refractivity (Wildman–Crippen MR) is 80.4 cm³/mol. The van der Waals surface area contributed by atoms with Crippen molar-refractivity contribution < 1.29 is 14.6 Å². The fourth-order valence-corrected chi connectivity index (χ4v) is 4.07. The molecule has 3 rings (SSSR count). The topological polar surface area (TPSA) is 49.8 Å². The van der Waals surface area contributed by atoms with Gasteiger partial charge in [0.2, 0.25) is 0 Å². The van der Waals surface area contributed by atoms with E-state index in [1.54, 1.807) is 12.1 Å². The molecular weight excluding hydrogens is 266 g/mol. The summed E-state index contributed by atoms with van der Waals surface area (Å²) in [5.74, 6) is -0.870. The molecule has 1 N–H and O–H groups in total. The number of aromatic carboxylic acids is 1. The molecule has 0 aromatic heterocycles. The number of carbonyl (C=O) groups is 1. The van der Waals surface area contributed by atoms with Crippen LogP contribution in [0.1, 0.15) is 41.6 Å². The van der Waals surface area contributed by atoms with Gasteiger partial charge in [-0.2, -0.15) is 0 Å². The SMILES string of the molecule is COC1CC(N(C)Cc2ccc(C(=O)O)cc2)C12CCC2. The zero-order chi connectivity index (χ0) is 15.0. The molecule has 0 saturated heterocycles. The summed E-state index contributed by atoms with van der Waals surface area (Å²) in [6.07, 6.45) is 5.40. The number of nitrogens with zero attached hydrogens (tertiary/aromatic N) is 1. The van der Waals surface area contributed by atoms with Gasteiger partial charge in [0.15, 0.2) is 0 Å². The summed E-state index contributed by atoms with van der Waals surface area (Å²) >= 11 is 0. The second-order valence-corrected chi connectivity index (χ2v) is 6.48. The van der Waals surface area contributed by atoms with Crippen LogP contribution >= 0.6 is 0 Å². The third-order valence-corrected chi connectivity index (χ3v) is 5.48. The van der Waals surface area contributed by atoms with E-state index in [9.17, 15) is 4.79 Å². The number of carboxylic acids is 1. The summed E-state index contributed by atoms with van der Waals surface area (Å²) in [5, 5.41) is 8.93. The highest BCUT2D eigenvalue weighted by atomic mass is 16.5. The number of rotatable bonds is 5. The Morgan fingerprint density at radius 1 is 1.38 bits per heavy atom. The average molecular weight is 289 g/mol. The second kappa shape index (κ2) is 5.43. The first-order valence-corrected chi connectivity index (χ1v) is 7.62. The Kier molecular flexibility index (Phi) is 3.76. The predicted octanol–water partition coefficient (Wildman–Crippen LogP) is 2.77. The van der Waals surface area contributed by atoms with Crippen molar-refractivity contribution in [2.24, 2.45) is 5.41 Å². The minimum absolute atomic E-state index is 0.347. The van der Waals surface area contributed by atoms with Gasteiger partial charge in [-0.15, -0.1) is 0 Å². The molecule has 0 radical (unpaired) electrons. The molecule has 2 unspecified atom stereocenters. The molecule has 2 fully saturated rings. The lowest BCUT2D eigenvalue weighted by atomic mass is 9.50.